The van der Waals surface area contributed by atoms with Crippen LogP contribution >= 0.6 is 11.3 Å². The summed E-state index contributed by atoms with van der Waals surface area (Å²) in [5.74, 6) is 0.536. The van der Waals surface area contributed by atoms with E-state index in [4.69, 9.17) is 0 Å². The van der Waals surface area contributed by atoms with E-state index in [1.807, 2.05) is 23.6 Å². The molecule has 4 aromatic rings. The number of benzene rings is 2. The summed E-state index contributed by atoms with van der Waals surface area (Å²) in [5, 5.41) is 13.9. The number of aliphatic hydroxyl groups excluding tert-OH is 1. The molecule has 0 radical (unpaired) electrons. The Morgan fingerprint density at radius 3 is 2.59 bits per heavy atom. The normalized spacial score (nSPS) is 12.7. The highest BCUT2D eigenvalue weighted by Crippen LogP contribution is 2.37. The Morgan fingerprint density at radius 1 is 1.11 bits per heavy atom. The lowest BCUT2D eigenvalue weighted by Crippen LogP contribution is -2.05. The Balaban J connectivity index is 1.97. The minimum Gasteiger partial charge on any atom is -0.392 e. The molecule has 0 fully saturated rings. The van der Waals surface area contributed by atoms with E-state index in [-0.39, 0.29) is 12.2 Å². The lowest BCUT2D eigenvalue weighted by molar-refractivity contribution is 0.282. The van der Waals surface area contributed by atoms with Crippen LogP contribution in [0.25, 0.3) is 32.1 Å². The van der Waals surface area contributed by atoms with Crippen molar-refractivity contribution in [3.05, 3.63) is 69.3 Å². The molecular formula is C23H23NO2S. The van der Waals surface area contributed by atoms with Gasteiger partial charge in [0.05, 0.1) is 6.61 Å². The minimum atomic E-state index is -0.0565. The van der Waals surface area contributed by atoms with Crippen molar-refractivity contribution in [3.63, 3.8) is 0 Å². The number of thiophene rings is 1. The molecule has 138 valence electrons. The molecule has 0 aliphatic heterocycles. The Bertz CT molecular complexity index is 1150. The van der Waals surface area contributed by atoms with Gasteiger partial charge in [0.15, 0.2) is 0 Å². The van der Waals surface area contributed by atoms with Crippen molar-refractivity contribution in [3.8, 4) is 11.1 Å². The first-order chi connectivity index (χ1) is 13.1. The summed E-state index contributed by atoms with van der Waals surface area (Å²) in [5.41, 5.74) is 5.03. The zero-order valence-corrected chi connectivity index (χ0v) is 16.4. The van der Waals surface area contributed by atoms with Gasteiger partial charge in [0.2, 0.25) is 0 Å². The number of aromatic amines is 1. The second-order valence-corrected chi connectivity index (χ2v) is 8.03. The summed E-state index contributed by atoms with van der Waals surface area (Å²) >= 11 is 1.45. The third kappa shape index (κ3) is 3.09. The third-order valence-corrected chi connectivity index (χ3v) is 6.25. The lowest BCUT2D eigenvalue weighted by atomic mass is 9.91. The molecule has 2 N–H and O–H groups in total. The fraction of sp³-hybridized carbons (Fsp3) is 0.261. The Kier molecular flexibility index (Phi) is 4.85. The molecule has 0 saturated heterocycles. The maximum atomic E-state index is 12.3. The summed E-state index contributed by atoms with van der Waals surface area (Å²) in [6.07, 6.45) is 2.34. The van der Waals surface area contributed by atoms with Crippen molar-refractivity contribution >= 4 is 32.3 Å². The van der Waals surface area contributed by atoms with Crippen molar-refractivity contribution in [2.75, 3.05) is 0 Å². The van der Waals surface area contributed by atoms with E-state index in [0.717, 1.165) is 37.7 Å². The van der Waals surface area contributed by atoms with Crippen LogP contribution in [0.2, 0.25) is 0 Å². The number of rotatable bonds is 5. The first-order valence-corrected chi connectivity index (χ1v) is 10.3. The van der Waals surface area contributed by atoms with Gasteiger partial charge in [-0.3, -0.25) is 4.79 Å². The molecule has 0 spiro atoms. The van der Waals surface area contributed by atoms with E-state index in [1.54, 1.807) is 0 Å². The van der Waals surface area contributed by atoms with Crippen LogP contribution in [0.3, 0.4) is 0 Å². The molecule has 0 aliphatic rings. The zero-order chi connectivity index (χ0) is 19.0. The number of pyridine rings is 1. The van der Waals surface area contributed by atoms with Gasteiger partial charge in [-0.25, -0.2) is 0 Å². The monoisotopic (exact) mass is 377 g/mol. The number of fused-ring (bicyclic) bond motifs is 3. The van der Waals surface area contributed by atoms with Gasteiger partial charge in [0.1, 0.15) is 4.70 Å². The van der Waals surface area contributed by atoms with Crippen LogP contribution in [-0.4, -0.2) is 10.1 Å². The SMILES string of the molecule is CCCC(C)c1ccc(-c2c(CO)ccc3[nH]c(=O)c4sccc4c23)cc1. The maximum Gasteiger partial charge on any atom is 0.266 e. The Morgan fingerprint density at radius 2 is 1.89 bits per heavy atom. The Hall–Kier alpha value is -2.43. The van der Waals surface area contributed by atoms with Crippen molar-refractivity contribution in [2.45, 2.75) is 39.2 Å². The molecule has 4 rings (SSSR count). The van der Waals surface area contributed by atoms with Gasteiger partial charge in [-0.05, 0) is 52.1 Å². The van der Waals surface area contributed by atoms with Gasteiger partial charge < -0.3 is 10.1 Å². The van der Waals surface area contributed by atoms with Gasteiger partial charge in [0.25, 0.3) is 5.56 Å². The number of aliphatic hydroxyl groups is 1. The predicted molar refractivity (Wildman–Crippen MR) is 115 cm³/mol. The highest BCUT2D eigenvalue weighted by atomic mass is 32.1. The van der Waals surface area contributed by atoms with Gasteiger partial charge >= 0.3 is 0 Å². The average Bonchev–Trinajstić information content (AvgIpc) is 3.18. The van der Waals surface area contributed by atoms with E-state index < -0.39 is 0 Å². The molecule has 1 atom stereocenters. The molecule has 2 aromatic carbocycles. The largest absolute Gasteiger partial charge is 0.392 e. The van der Waals surface area contributed by atoms with Crippen LogP contribution in [0.4, 0.5) is 0 Å². The number of hydrogen-bond donors (Lipinski definition) is 2. The first kappa shape index (κ1) is 18.0. The van der Waals surface area contributed by atoms with Gasteiger partial charge in [0, 0.05) is 16.3 Å². The maximum absolute atomic E-state index is 12.3. The van der Waals surface area contributed by atoms with Crippen molar-refractivity contribution < 1.29 is 5.11 Å². The van der Waals surface area contributed by atoms with Crippen molar-refractivity contribution in [2.24, 2.45) is 0 Å². The minimum absolute atomic E-state index is 0.0377. The molecule has 0 aliphatic carbocycles. The molecule has 0 bridgehead atoms. The van der Waals surface area contributed by atoms with E-state index in [0.29, 0.717) is 5.92 Å². The summed E-state index contributed by atoms with van der Waals surface area (Å²) in [4.78, 5) is 15.3. The van der Waals surface area contributed by atoms with Crippen LogP contribution in [0.15, 0.2) is 52.6 Å². The fourth-order valence-corrected chi connectivity index (χ4v) is 4.73. The standard InChI is InChI=1S/C23H23NO2S/c1-3-4-14(2)15-5-7-16(8-6-15)20-17(13-25)9-10-19-21(20)18-11-12-27-22(18)23(26)24-19/h5-12,14,25H,3-4,13H2,1-2H3,(H,24,26). The number of aromatic nitrogens is 1. The topological polar surface area (TPSA) is 53.1 Å². The second-order valence-electron chi connectivity index (χ2n) is 7.11. The molecule has 4 heteroatoms. The number of nitrogens with one attached hydrogen (secondary N) is 1. The van der Waals surface area contributed by atoms with Crippen LogP contribution in [0.5, 0.6) is 0 Å². The quantitative estimate of drug-likeness (QED) is 0.461. The first-order valence-electron chi connectivity index (χ1n) is 9.40. The molecule has 27 heavy (non-hydrogen) atoms. The van der Waals surface area contributed by atoms with Crippen LogP contribution in [-0.2, 0) is 6.61 Å². The lowest BCUT2D eigenvalue weighted by Gasteiger charge is -2.15. The molecular weight excluding hydrogens is 354 g/mol. The molecule has 0 amide bonds. The van der Waals surface area contributed by atoms with Gasteiger partial charge in [-0.1, -0.05) is 50.6 Å². The summed E-state index contributed by atoms with van der Waals surface area (Å²) in [7, 11) is 0. The van der Waals surface area contributed by atoms with Crippen molar-refractivity contribution in [1.82, 2.24) is 4.98 Å². The van der Waals surface area contributed by atoms with Crippen LogP contribution in [0.1, 0.15) is 43.7 Å². The second kappa shape index (κ2) is 7.29. The molecule has 0 saturated carbocycles. The molecule has 2 aromatic heterocycles. The van der Waals surface area contributed by atoms with Crippen LogP contribution in [0, 0.1) is 0 Å². The highest BCUT2D eigenvalue weighted by Gasteiger charge is 2.15. The number of hydrogen-bond acceptors (Lipinski definition) is 3. The summed E-state index contributed by atoms with van der Waals surface area (Å²) in [6, 6.07) is 14.4. The van der Waals surface area contributed by atoms with E-state index >= 15 is 0 Å². The molecule has 3 nitrogen and oxygen atoms in total. The van der Waals surface area contributed by atoms with Gasteiger partial charge in [-0.15, -0.1) is 11.3 Å². The van der Waals surface area contributed by atoms with E-state index in [1.165, 1.54) is 29.7 Å². The Labute approximate surface area is 162 Å². The summed E-state index contributed by atoms with van der Waals surface area (Å²) in [6.45, 7) is 4.43. The van der Waals surface area contributed by atoms with E-state index in [2.05, 4.69) is 43.1 Å². The number of H-pyrrole nitrogens is 1. The fourth-order valence-electron chi connectivity index (χ4n) is 3.93. The molecule has 1 unspecified atom stereocenters. The smallest absolute Gasteiger partial charge is 0.266 e. The predicted octanol–water partition coefficient (Wildman–Crippen LogP) is 5.81. The van der Waals surface area contributed by atoms with E-state index in [9.17, 15) is 9.90 Å². The zero-order valence-electron chi connectivity index (χ0n) is 15.6. The summed E-state index contributed by atoms with van der Waals surface area (Å²) < 4.78 is 0.729. The third-order valence-electron chi connectivity index (χ3n) is 5.34. The van der Waals surface area contributed by atoms with Crippen molar-refractivity contribution in [1.29, 1.82) is 0 Å². The van der Waals surface area contributed by atoms with Crippen LogP contribution < -0.4 is 5.56 Å². The highest BCUT2D eigenvalue weighted by molar-refractivity contribution is 7.17. The molecule has 2 heterocycles. The van der Waals surface area contributed by atoms with Gasteiger partial charge in [-0.2, -0.15) is 0 Å². The average molecular weight is 378 g/mol.